The van der Waals surface area contributed by atoms with Crippen molar-refractivity contribution in [2.24, 2.45) is 5.92 Å². The van der Waals surface area contributed by atoms with Gasteiger partial charge in [-0.25, -0.2) is 19.7 Å². The molecule has 1 aliphatic rings. The zero-order chi connectivity index (χ0) is 24.6. The molecule has 11 heteroatoms. The van der Waals surface area contributed by atoms with E-state index in [9.17, 15) is 9.59 Å². The molecule has 0 saturated carbocycles. The highest BCUT2D eigenvalue weighted by atomic mass is 16.4. The lowest BCUT2D eigenvalue weighted by molar-refractivity contribution is 0.102. The van der Waals surface area contributed by atoms with Crippen molar-refractivity contribution in [3.63, 3.8) is 0 Å². The molecule has 3 heterocycles. The third-order valence-corrected chi connectivity index (χ3v) is 5.67. The van der Waals surface area contributed by atoms with Crippen LogP contribution >= 0.6 is 0 Å². The van der Waals surface area contributed by atoms with Gasteiger partial charge >= 0.3 is 6.09 Å². The number of carbonyl (C=O) groups is 2. The average Bonchev–Trinajstić information content (AvgIpc) is 2.89. The number of carboxylic acid groups (broad SMARTS) is 1. The Morgan fingerprint density at radius 2 is 1.80 bits per heavy atom. The Hall–Kier alpha value is -4.72. The summed E-state index contributed by atoms with van der Waals surface area (Å²) < 4.78 is 0. The fourth-order valence-electron chi connectivity index (χ4n) is 3.74. The van der Waals surface area contributed by atoms with Crippen LogP contribution in [0.15, 0.2) is 55.0 Å². The number of anilines is 4. The van der Waals surface area contributed by atoms with Crippen molar-refractivity contribution in [1.29, 1.82) is 5.26 Å². The quantitative estimate of drug-likeness (QED) is 0.404. The molecule has 3 aromatic rings. The third kappa shape index (κ3) is 6.20. The molecular weight excluding hydrogens is 448 g/mol. The van der Waals surface area contributed by atoms with Crippen LogP contribution in [0.25, 0.3) is 0 Å². The van der Waals surface area contributed by atoms with Gasteiger partial charge < -0.3 is 26.0 Å². The van der Waals surface area contributed by atoms with Crippen LogP contribution in [0.3, 0.4) is 0 Å². The molecule has 4 rings (SSSR count). The summed E-state index contributed by atoms with van der Waals surface area (Å²) in [7, 11) is 0. The van der Waals surface area contributed by atoms with Crippen LogP contribution in [0.4, 0.5) is 27.8 Å². The van der Waals surface area contributed by atoms with E-state index in [2.05, 4.69) is 30.9 Å². The normalized spacial score (nSPS) is 13.5. The number of pyridine rings is 1. The SMILES string of the molecule is N#Cc1cnc(Nc2cc(NCC3CCN(C(=O)O)CC3)c(C(=O)Nc3ccccc3)cn2)cn1. The summed E-state index contributed by atoms with van der Waals surface area (Å²) in [6, 6.07) is 12.8. The van der Waals surface area contributed by atoms with Crippen molar-refractivity contribution in [3.8, 4) is 6.07 Å². The lowest BCUT2D eigenvalue weighted by Gasteiger charge is -2.30. The molecule has 2 amide bonds. The Labute approximate surface area is 201 Å². The van der Waals surface area contributed by atoms with Crippen LogP contribution in [0, 0.1) is 17.2 Å². The van der Waals surface area contributed by atoms with Crippen molar-refractivity contribution in [2.75, 3.05) is 35.6 Å². The number of rotatable bonds is 7. The summed E-state index contributed by atoms with van der Waals surface area (Å²) in [5.74, 6) is 0.814. The molecule has 4 N–H and O–H groups in total. The molecule has 1 fully saturated rings. The number of amides is 2. The predicted molar refractivity (Wildman–Crippen MR) is 129 cm³/mol. The zero-order valence-electron chi connectivity index (χ0n) is 18.8. The Balaban J connectivity index is 1.51. The number of aromatic nitrogens is 3. The first-order valence-electron chi connectivity index (χ1n) is 11.1. The maximum absolute atomic E-state index is 13.0. The van der Waals surface area contributed by atoms with Crippen molar-refractivity contribution in [3.05, 3.63) is 66.2 Å². The number of benzene rings is 1. The minimum absolute atomic E-state index is 0.202. The molecule has 0 atom stereocenters. The van der Waals surface area contributed by atoms with Gasteiger partial charge in [-0.05, 0) is 30.9 Å². The minimum atomic E-state index is -0.896. The van der Waals surface area contributed by atoms with E-state index in [1.807, 2.05) is 24.3 Å². The van der Waals surface area contributed by atoms with E-state index in [1.54, 1.807) is 18.2 Å². The first kappa shape index (κ1) is 23.4. The Morgan fingerprint density at radius 1 is 1.06 bits per heavy atom. The fraction of sp³-hybridized carbons (Fsp3) is 0.250. The Morgan fingerprint density at radius 3 is 2.46 bits per heavy atom. The van der Waals surface area contributed by atoms with E-state index < -0.39 is 6.09 Å². The smallest absolute Gasteiger partial charge is 0.407 e. The third-order valence-electron chi connectivity index (χ3n) is 5.67. The summed E-state index contributed by atoms with van der Waals surface area (Å²) in [4.78, 5) is 38.1. The van der Waals surface area contributed by atoms with Crippen LogP contribution in [0.2, 0.25) is 0 Å². The molecule has 0 unspecified atom stereocenters. The van der Waals surface area contributed by atoms with Gasteiger partial charge in [-0.1, -0.05) is 18.2 Å². The Bertz CT molecular complexity index is 1220. The van der Waals surface area contributed by atoms with Gasteiger partial charge in [-0.3, -0.25) is 4.79 Å². The molecular formula is C24H24N8O3. The van der Waals surface area contributed by atoms with E-state index in [0.29, 0.717) is 48.2 Å². The highest BCUT2D eigenvalue weighted by Crippen LogP contribution is 2.24. The summed E-state index contributed by atoms with van der Waals surface area (Å²) in [6.45, 7) is 1.56. The van der Waals surface area contributed by atoms with E-state index >= 15 is 0 Å². The standard InChI is InChI=1S/C24H24N8O3/c25-11-18-13-28-22(15-26-18)31-21-10-20(27-12-16-6-8-32(9-7-16)24(34)35)19(14-29-21)23(33)30-17-4-2-1-3-5-17/h1-5,10,13-16H,6-9,12H2,(H,30,33)(H,34,35)(H2,27,28,29,31). The van der Waals surface area contributed by atoms with Crippen molar-refractivity contribution >= 4 is 35.0 Å². The molecule has 0 aliphatic carbocycles. The molecule has 1 saturated heterocycles. The molecule has 11 nitrogen and oxygen atoms in total. The van der Waals surface area contributed by atoms with E-state index in [0.717, 1.165) is 12.8 Å². The monoisotopic (exact) mass is 472 g/mol. The second-order valence-corrected chi connectivity index (χ2v) is 8.05. The van der Waals surface area contributed by atoms with Crippen LogP contribution in [0.1, 0.15) is 28.9 Å². The maximum Gasteiger partial charge on any atom is 0.407 e. The van der Waals surface area contributed by atoms with Gasteiger partial charge in [-0.15, -0.1) is 0 Å². The molecule has 178 valence electrons. The largest absolute Gasteiger partial charge is 0.465 e. The number of nitrogens with one attached hydrogen (secondary N) is 3. The van der Waals surface area contributed by atoms with Crippen LogP contribution in [-0.2, 0) is 0 Å². The molecule has 2 aromatic heterocycles. The fourth-order valence-corrected chi connectivity index (χ4v) is 3.74. The lowest BCUT2D eigenvalue weighted by atomic mass is 9.97. The zero-order valence-corrected chi connectivity index (χ0v) is 18.8. The van der Waals surface area contributed by atoms with Crippen molar-refractivity contribution in [1.82, 2.24) is 19.9 Å². The second kappa shape index (κ2) is 10.9. The second-order valence-electron chi connectivity index (χ2n) is 8.05. The number of hydrogen-bond acceptors (Lipinski definition) is 8. The van der Waals surface area contributed by atoms with E-state index in [-0.39, 0.29) is 17.5 Å². The first-order chi connectivity index (χ1) is 17.0. The number of piperidine rings is 1. The van der Waals surface area contributed by atoms with Gasteiger partial charge in [0.2, 0.25) is 0 Å². The summed E-state index contributed by atoms with van der Waals surface area (Å²) in [5, 5.41) is 27.3. The predicted octanol–water partition coefficient (Wildman–Crippen LogP) is 3.54. The first-order valence-corrected chi connectivity index (χ1v) is 11.1. The van der Waals surface area contributed by atoms with E-state index in [4.69, 9.17) is 10.4 Å². The Kier molecular flexibility index (Phi) is 7.32. The molecule has 35 heavy (non-hydrogen) atoms. The van der Waals surface area contributed by atoms with Gasteiger partial charge in [0, 0.05) is 37.6 Å². The van der Waals surface area contributed by atoms with E-state index in [1.165, 1.54) is 23.5 Å². The number of nitriles is 1. The average molecular weight is 473 g/mol. The number of nitrogens with zero attached hydrogens (tertiary/aromatic N) is 5. The topological polar surface area (TPSA) is 156 Å². The molecule has 1 aliphatic heterocycles. The van der Waals surface area contributed by atoms with Crippen LogP contribution in [-0.4, -0.2) is 56.6 Å². The number of carbonyl (C=O) groups excluding carboxylic acids is 1. The van der Waals surface area contributed by atoms with Gasteiger partial charge in [0.25, 0.3) is 5.91 Å². The van der Waals surface area contributed by atoms with Crippen LogP contribution < -0.4 is 16.0 Å². The highest BCUT2D eigenvalue weighted by molar-refractivity contribution is 6.08. The number of hydrogen-bond donors (Lipinski definition) is 4. The minimum Gasteiger partial charge on any atom is -0.465 e. The number of para-hydroxylation sites is 1. The maximum atomic E-state index is 13.0. The number of likely N-dealkylation sites (tertiary alicyclic amines) is 1. The molecule has 0 bridgehead atoms. The van der Waals surface area contributed by atoms with Gasteiger partial charge in [0.15, 0.2) is 5.69 Å². The van der Waals surface area contributed by atoms with Gasteiger partial charge in [0.1, 0.15) is 17.7 Å². The lowest BCUT2D eigenvalue weighted by Crippen LogP contribution is -2.39. The van der Waals surface area contributed by atoms with Gasteiger partial charge in [0.05, 0.1) is 23.6 Å². The van der Waals surface area contributed by atoms with Gasteiger partial charge in [-0.2, -0.15) is 5.26 Å². The summed E-state index contributed by atoms with van der Waals surface area (Å²) in [6.07, 6.45) is 4.84. The summed E-state index contributed by atoms with van der Waals surface area (Å²) >= 11 is 0. The highest BCUT2D eigenvalue weighted by Gasteiger charge is 2.23. The molecule has 0 radical (unpaired) electrons. The van der Waals surface area contributed by atoms with Crippen molar-refractivity contribution < 1.29 is 14.7 Å². The molecule has 1 aromatic carbocycles. The summed E-state index contributed by atoms with van der Waals surface area (Å²) in [5.41, 5.74) is 1.82. The van der Waals surface area contributed by atoms with Crippen molar-refractivity contribution in [2.45, 2.75) is 12.8 Å². The molecule has 0 spiro atoms. The van der Waals surface area contributed by atoms with Crippen LogP contribution in [0.5, 0.6) is 0 Å².